The zero-order valence-corrected chi connectivity index (χ0v) is 14.7. The third-order valence-corrected chi connectivity index (χ3v) is 3.91. The Bertz CT molecular complexity index is 277. The quantitative estimate of drug-likeness (QED) is 0.436. The summed E-state index contributed by atoms with van der Waals surface area (Å²) in [6.07, 6.45) is 5.42. The molecule has 112 valence electrons. The topological polar surface area (TPSA) is 39.7 Å². The predicted molar refractivity (Wildman–Crippen MR) is 92.4 cm³/mol. The van der Waals surface area contributed by atoms with Gasteiger partial charge in [-0.1, -0.05) is 13.3 Å². The number of aliphatic imine (C=N–C) groups is 1. The first-order chi connectivity index (χ1) is 8.79. The summed E-state index contributed by atoms with van der Waals surface area (Å²) in [4.78, 5) is 7.21. The minimum Gasteiger partial charge on any atom is -0.357 e. The molecule has 0 spiro atoms. The van der Waals surface area contributed by atoms with Crippen molar-refractivity contribution in [2.45, 2.75) is 45.6 Å². The van der Waals surface area contributed by atoms with Crippen LogP contribution < -0.4 is 10.6 Å². The molecule has 4 nitrogen and oxygen atoms in total. The van der Waals surface area contributed by atoms with Crippen molar-refractivity contribution in [3.63, 3.8) is 0 Å². The van der Waals surface area contributed by atoms with E-state index in [0.29, 0.717) is 6.04 Å². The van der Waals surface area contributed by atoms with E-state index >= 15 is 0 Å². The Labute approximate surface area is 134 Å². The van der Waals surface area contributed by atoms with Crippen molar-refractivity contribution >= 4 is 29.9 Å². The van der Waals surface area contributed by atoms with Crippen molar-refractivity contribution in [1.82, 2.24) is 15.5 Å². The van der Waals surface area contributed by atoms with Gasteiger partial charge in [-0.3, -0.25) is 4.99 Å². The lowest BCUT2D eigenvalue weighted by molar-refractivity contribution is 0.235. The molecule has 0 amide bonds. The highest BCUT2D eigenvalue weighted by Crippen LogP contribution is 2.28. The van der Waals surface area contributed by atoms with Crippen molar-refractivity contribution in [1.29, 1.82) is 0 Å². The van der Waals surface area contributed by atoms with E-state index in [9.17, 15) is 0 Å². The predicted octanol–water partition coefficient (Wildman–Crippen LogP) is 2.05. The summed E-state index contributed by atoms with van der Waals surface area (Å²) in [5, 5.41) is 6.83. The normalized spacial score (nSPS) is 27.6. The van der Waals surface area contributed by atoms with Gasteiger partial charge in [0, 0.05) is 19.1 Å². The molecule has 0 aromatic rings. The monoisotopic (exact) mass is 380 g/mol. The van der Waals surface area contributed by atoms with Crippen molar-refractivity contribution in [3.8, 4) is 0 Å². The number of guanidine groups is 1. The molecule has 5 heteroatoms. The van der Waals surface area contributed by atoms with Crippen LogP contribution in [-0.4, -0.2) is 49.6 Å². The fourth-order valence-corrected chi connectivity index (χ4v) is 2.51. The molecule has 1 saturated heterocycles. The molecule has 1 saturated carbocycles. The van der Waals surface area contributed by atoms with E-state index in [1.54, 1.807) is 0 Å². The molecule has 0 bridgehead atoms. The van der Waals surface area contributed by atoms with E-state index in [2.05, 4.69) is 34.4 Å². The lowest BCUT2D eigenvalue weighted by atomic mass is 10.1. The molecule has 2 N–H and O–H groups in total. The molecule has 2 rings (SSSR count). The first-order valence-corrected chi connectivity index (χ1v) is 7.57. The lowest BCUT2D eigenvalue weighted by Gasteiger charge is -2.25. The maximum absolute atomic E-state index is 4.67. The average molecular weight is 380 g/mol. The smallest absolute Gasteiger partial charge is 0.191 e. The molecule has 2 unspecified atom stereocenters. The van der Waals surface area contributed by atoms with Crippen LogP contribution in [0.2, 0.25) is 0 Å². The molecule has 0 aromatic carbocycles. The van der Waals surface area contributed by atoms with Crippen LogP contribution in [0.4, 0.5) is 0 Å². The summed E-state index contributed by atoms with van der Waals surface area (Å²) in [5.74, 6) is 1.82. The van der Waals surface area contributed by atoms with E-state index in [4.69, 9.17) is 0 Å². The van der Waals surface area contributed by atoms with Gasteiger partial charge in [0.2, 0.25) is 0 Å². The first-order valence-electron chi connectivity index (χ1n) is 7.57. The minimum absolute atomic E-state index is 0. The molecule has 1 aliphatic carbocycles. The van der Waals surface area contributed by atoms with Crippen LogP contribution in [0, 0.1) is 5.92 Å². The van der Waals surface area contributed by atoms with Gasteiger partial charge in [-0.05, 0) is 45.2 Å². The van der Waals surface area contributed by atoms with Gasteiger partial charge in [0.1, 0.15) is 0 Å². The standard InChI is InChI=1S/C14H28N4.HI/c1-3-15-14(17-13-11-12(13)2)16-7-10-18-8-5-4-6-9-18;/h12-13H,3-11H2,1-2H3,(H2,15,16,17);1H. The fraction of sp³-hybridized carbons (Fsp3) is 0.929. The number of nitrogens with one attached hydrogen (secondary N) is 2. The van der Waals surface area contributed by atoms with Gasteiger partial charge in [0.25, 0.3) is 0 Å². The van der Waals surface area contributed by atoms with Gasteiger partial charge < -0.3 is 15.5 Å². The maximum Gasteiger partial charge on any atom is 0.191 e. The highest BCUT2D eigenvalue weighted by atomic mass is 127. The second-order valence-electron chi connectivity index (χ2n) is 5.63. The summed E-state index contributed by atoms with van der Waals surface area (Å²) in [6.45, 7) is 9.90. The van der Waals surface area contributed by atoms with Gasteiger partial charge >= 0.3 is 0 Å². The van der Waals surface area contributed by atoms with Crippen LogP contribution in [0.1, 0.15) is 39.5 Å². The lowest BCUT2D eigenvalue weighted by Crippen LogP contribution is -2.40. The Kier molecular flexibility index (Phi) is 8.06. The summed E-state index contributed by atoms with van der Waals surface area (Å²) in [7, 11) is 0. The minimum atomic E-state index is 0. The van der Waals surface area contributed by atoms with E-state index in [1.165, 1.54) is 38.8 Å². The molecule has 0 radical (unpaired) electrons. The van der Waals surface area contributed by atoms with Gasteiger partial charge in [0.05, 0.1) is 6.54 Å². The highest BCUT2D eigenvalue weighted by Gasteiger charge is 2.33. The van der Waals surface area contributed by atoms with Gasteiger partial charge in [-0.15, -0.1) is 24.0 Å². The fourth-order valence-electron chi connectivity index (χ4n) is 2.51. The zero-order valence-electron chi connectivity index (χ0n) is 12.3. The van der Waals surface area contributed by atoms with E-state index in [-0.39, 0.29) is 24.0 Å². The van der Waals surface area contributed by atoms with Crippen molar-refractivity contribution in [2.24, 2.45) is 10.9 Å². The summed E-state index contributed by atoms with van der Waals surface area (Å²) >= 11 is 0. The molecule has 2 aliphatic rings. The van der Waals surface area contributed by atoms with E-state index in [1.807, 2.05) is 0 Å². The Morgan fingerprint density at radius 3 is 2.53 bits per heavy atom. The van der Waals surface area contributed by atoms with Crippen molar-refractivity contribution in [2.75, 3.05) is 32.7 Å². The molecule has 19 heavy (non-hydrogen) atoms. The number of hydrogen-bond donors (Lipinski definition) is 2. The third kappa shape index (κ3) is 6.29. The maximum atomic E-state index is 4.67. The summed E-state index contributed by atoms with van der Waals surface area (Å²) in [6, 6.07) is 0.651. The largest absolute Gasteiger partial charge is 0.357 e. The molecule has 2 fully saturated rings. The molecule has 1 heterocycles. The molecular weight excluding hydrogens is 351 g/mol. The number of rotatable bonds is 5. The van der Waals surface area contributed by atoms with Crippen molar-refractivity contribution < 1.29 is 0 Å². The first kappa shape index (κ1) is 17.0. The number of likely N-dealkylation sites (tertiary alicyclic amines) is 1. The van der Waals surface area contributed by atoms with Crippen LogP contribution in [0.3, 0.4) is 0 Å². The number of nitrogens with zero attached hydrogens (tertiary/aromatic N) is 2. The van der Waals surface area contributed by atoms with Crippen LogP contribution in [0.5, 0.6) is 0 Å². The van der Waals surface area contributed by atoms with Crippen LogP contribution in [-0.2, 0) is 0 Å². The van der Waals surface area contributed by atoms with Gasteiger partial charge in [-0.25, -0.2) is 0 Å². The Balaban J connectivity index is 0.00000180. The number of piperidine rings is 1. The zero-order chi connectivity index (χ0) is 12.8. The Morgan fingerprint density at radius 2 is 1.95 bits per heavy atom. The molecular formula is C14H29IN4. The van der Waals surface area contributed by atoms with Crippen LogP contribution >= 0.6 is 24.0 Å². The SMILES string of the molecule is CCNC(=NCCN1CCCCC1)NC1CC1C.I. The second kappa shape index (κ2) is 9.00. The van der Waals surface area contributed by atoms with Crippen LogP contribution in [0.15, 0.2) is 4.99 Å². The Hall–Kier alpha value is -0.0400. The summed E-state index contributed by atoms with van der Waals surface area (Å²) in [5.41, 5.74) is 0. The van der Waals surface area contributed by atoms with Crippen LogP contribution in [0.25, 0.3) is 0 Å². The van der Waals surface area contributed by atoms with Gasteiger partial charge in [-0.2, -0.15) is 0 Å². The van der Waals surface area contributed by atoms with E-state index in [0.717, 1.165) is 31.5 Å². The van der Waals surface area contributed by atoms with Gasteiger partial charge in [0.15, 0.2) is 5.96 Å². The second-order valence-corrected chi connectivity index (χ2v) is 5.63. The average Bonchev–Trinajstić information content (AvgIpc) is 3.06. The molecule has 2 atom stereocenters. The Morgan fingerprint density at radius 1 is 1.26 bits per heavy atom. The van der Waals surface area contributed by atoms with Crippen molar-refractivity contribution in [3.05, 3.63) is 0 Å². The number of halogens is 1. The summed E-state index contributed by atoms with van der Waals surface area (Å²) < 4.78 is 0. The molecule has 1 aliphatic heterocycles. The highest BCUT2D eigenvalue weighted by molar-refractivity contribution is 14.0. The molecule has 0 aromatic heterocycles. The third-order valence-electron chi connectivity index (χ3n) is 3.91. The number of hydrogen-bond acceptors (Lipinski definition) is 2. The van der Waals surface area contributed by atoms with E-state index < -0.39 is 0 Å².